The van der Waals surface area contributed by atoms with Crippen LogP contribution in [0.1, 0.15) is 104 Å². The number of rotatable bonds is 6. The Morgan fingerprint density at radius 1 is 0.672 bits per heavy atom. The number of hydrogen-bond acceptors (Lipinski definition) is 6. The molecule has 324 valence electrons. The molecule has 0 saturated heterocycles. The van der Waals surface area contributed by atoms with Crippen LogP contribution >= 0.6 is 0 Å². The van der Waals surface area contributed by atoms with E-state index >= 15 is 0 Å². The van der Waals surface area contributed by atoms with Gasteiger partial charge in [-0.25, -0.2) is 4.98 Å². The monoisotopic (exact) mass is 1020 g/mol. The van der Waals surface area contributed by atoms with Crippen LogP contribution in [0.25, 0.3) is 11.3 Å². The van der Waals surface area contributed by atoms with Gasteiger partial charge in [-0.15, -0.1) is 29.3 Å². The minimum absolute atomic E-state index is 0. The Morgan fingerprint density at radius 3 is 2.14 bits per heavy atom. The van der Waals surface area contributed by atoms with E-state index in [1.807, 2.05) is 42.7 Å². The molecule has 2 atom stereocenters. The molecule has 0 unspecified atom stereocenters. The van der Waals surface area contributed by atoms with E-state index < -0.39 is 11.1 Å². The maximum atomic E-state index is 6.98. The van der Waals surface area contributed by atoms with E-state index in [1.165, 1.54) is 50.2 Å². The molecule has 0 saturated carbocycles. The van der Waals surface area contributed by atoms with Crippen molar-refractivity contribution in [3.8, 4) is 22.8 Å². The van der Waals surface area contributed by atoms with Crippen molar-refractivity contribution in [1.29, 1.82) is 0 Å². The molecule has 7 aromatic rings. The van der Waals surface area contributed by atoms with Gasteiger partial charge in [0, 0.05) is 35.3 Å². The van der Waals surface area contributed by atoms with E-state index in [4.69, 9.17) is 19.7 Å². The van der Waals surface area contributed by atoms with Crippen molar-refractivity contribution >= 4 is 28.7 Å². The zero-order valence-electron chi connectivity index (χ0n) is 38.7. The van der Waals surface area contributed by atoms with Gasteiger partial charge < -0.3 is 19.5 Å². The summed E-state index contributed by atoms with van der Waals surface area (Å²) in [5, 5.41) is 0. The number of benzene rings is 5. The molecule has 0 bridgehead atoms. The number of hydrogen-bond donors (Lipinski definition) is 0. The number of aryl methyl sites for hydroxylation is 4. The van der Waals surface area contributed by atoms with Crippen LogP contribution in [0.2, 0.25) is 0 Å². The first kappa shape index (κ1) is 43.4. The van der Waals surface area contributed by atoms with Crippen LogP contribution in [0.15, 0.2) is 127 Å². The molecule has 5 aromatic carbocycles. The third-order valence-electron chi connectivity index (χ3n) is 14.0. The van der Waals surface area contributed by atoms with Crippen molar-refractivity contribution in [3.05, 3.63) is 189 Å². The number of aromatic nitrogens is 2. The third kappa shape index (κ3) is 6.83. The Kier molecular flexibility index (Phi) is 10.5. The first-order valence-electron chi connectivity index (χ1n) is 22.1. The average molecular weight is 1020 g/mol. The number of nitrogens with zero attached hydrogens (tertiary/aromatic N) is 5. The summed E-state index contributed by atoms with van der Waals surface area (Å²) in [5.41, 5.74) is 15.7. The summed E-state index contributed by atoms with van der Waals surface area (Å²) in [6.45, 7) is 24.8. The molecule has 10 rings (SSSR count). The number of aliphatic imine (C=N–C) groups is 1. The van der Waals surface area contributed by atoms with Crippen LogP contribution in [0, 0.1) is 39.8 Å². The van der Waals surface area contributed by atoms with Crippen molar-refractivity contribution in [3.63, 3.8) is 0 Å². The summed E-state index contributed by atoms with van der Waals surface area (Å²) in [4.78, 5) is 20.4. The fourth-order valence-electron chi connectivity index (χ4n) is 10.6. The van der Waals surface area contributed by atoms with Gasteiger partial charge in [-0.05, 0) is 123 Å². The standard InChI is InChI=1S/C57H55N5O.Pt/c1-35-19-21-45-41(28-35)34-56(10)57(45,11)60-53(62(56)52-37(3)26-36(2)27-38(52)4)40-29-39(48-17-14-15-24-58-48)30-44(31-40)63-43-20-22-47-50(33-43)61(49-18-13-12-16-46(49)55(47,8)9)51-32-42(23-25-59-51)54(5,6)7;/h12-30,32H,34H2,1-11H3;/q-2;+2/t56-,57+;/m0./s1. The summed E-state index contributed by atoms with van der Waals surface area (Å²) >= 11 is 0. The number of amidine groups is 1. The maximum Gasteiger partial charge on any atom is 2.00 e. The second-order valence-electron chi connectivity index (χ2n) is 19.9. The van der Waals surface area contributed by atoms with Gasteiger partial charge in [0.05, 0.1) is 22.6 Å². The Labute approximate surface area is 393 Å². The van der Waals surface area contributed by atoms with Crippen LogP contribution in [0.4, 0.5) is 22.9 Å². The molecule has 7 heteroatoms. The Hall–Kier alpha value is -5.84. The smallest absolute Gasteiger partial charge is 0.503 e. The first-order valence-corrected chi connectivity index (χ1v) is 22.1. The number of ether oxygens (including phenoxy) is 1. The van der Waals surface area contributed by atoms with Crippen molar-refractivity contribution in [2.24, 2.45) is 4.99 Å². The second-order valence-corrected chi connectivity index (χ2v) is 19.9. The molecule has 0 N–H and O–H groups in total. The molecule has 64 heavy (non-hydrogen) atoms. The number of anilines is 4. The third-order valence-corrected chi connectivity index (χ3v) is 14.0. The van der Waals surface area contributed by atoms with Gasteiger partial charge in [-0.1, -0.05) is 124 Å². The summed E-state index contributed by atoms with van der Waals surface area (Å²) < 4.78 is 6.98. The molecule has 1 aliphatic carbocycles. The maximum absolute atomic E-state index is 6.98. The topological polar surface area (TPSA) is 53.9 Å². The number of pyridine rings is 2. The molecule has 4 heterocycles. The minimum Gasteiger partial charge on any atom is -0.503 e. The number of para-hydroxylation sites is 1. The van der Waals surface area contributed by atoms with Crippen LogP contribution in [-0.4, -0.2) is 21.3 Å². The van der Waals surface area contributed by atoms with E-state index in [0.29, 0.717) is 11.5 Å². The minimum atomic E-state index is -0.526. The average Bonchev–Trinajstić information content (AvgIpc) is 3.60. The van der Waals surface area contributed by atoms with E-state index in [2.05, 4.69) is 177 Å². The molecule has 2 aromatic heterocycles. The van der Waals surface area contributed by atoms with Gasteiger partial charge in [0.25, 0.3) is 0 Å². The Balaban J connectivity index is 0.00000518. The van der Waals surface area contributed by atoms with E-state index in [0.717, 1.165) is 51.8 Å². The van der Waals surface area contributed by atoms with E-state index in [1.54, 1.807) is 0 Å². The van der Waals surface area contributed by atoms with Gasteiger partial charge in [-0.3, -0.25) is 4.98 Å². The molecular weight excluding hydrogens is 966 g/mol. The second kappa shape index (κ2) is 15.4. The molecule has 6 nitrogen and oxygen atoms in total. The van der Waals surface area contributed by atoms with Crippen molar-refractivity contribution in [1.82, 2.24) is 9.97 Å². The molecule has 0 spiro atoms. The predicted octanol–water partition coefficient (Wildman–Crippen LogP) is 13.7. The molecule has 2 aliphatic heterocycles. The molecule has 3 aliphatic rings. The van der Waals surface area contributed by atoms with Gasteiger partial charge in [-0.2, -0.15) is 6.07 Å². The fraction of sp³-hybridized carbons (Fsp3) is 0.281. The van der Waals surface area contributed by atoms with E-state index in [-0.39, 0.29) is 31.9 Å². The van der Waals surface area contributed by atoms with Crippen molar-refractivity contribution in [2.75, 3.05) is 9.80 Å². The fourth-order valence-corrected chi connectivity index (χ4v) is 10.6. The summed E-state index contributed by atoms with van der Waals surface area (Å²) in [6.07, 6.45) is 4.61. The quantitative estimate of drug-likeness (QED) is 0.155. The Morgan fingerprint density at radius 2 is 1.41 bits per heavy atom. The summed E-state index contributed by atoms with van der Waals surface area (Å²) in [6, 6.07) is 46.4. The van der Waals surface area contributed by atoms with Gasteiger partial charge in [0.2, 0.25) is 0 Å². The first-order chi connectivity index (χ1) is 30.0. The zero-order valence-corrected chi connectivity index (χ0v) is 41.0. The summed E-state index contributed by atoms with van der Waals surface area (Å²) in [7, 11) is 0. The van der Waals surface area contributed by atoms with Gasteiger partial charge >= 0.3 is 21.1 Å². The normalized spacial score (nSPS) is 19.3. The predicted molar refractivity (Wildman–Crippen MR) is 257 cm³/mol. The van der Waals surface area contributed by atoms with Crippen LogP contribution in [-0.2, 0) is 43.9 Å². The zero-order chi connectivity index (χ0) is 44.2. The van der Waals surface area contributed by atoms with Crippen molar-refractivity contribution < 1.29 is 25.8 Å². The largest absolute Gasteiger partial charge is 2.00 e. The van der Waals surface area contributed by atoms with Crippen molar-refractivity contribution in [2.45, 2.75) is 104 Å². The van der Waals surface area contributed by atoms with Crippen LogP contribution in [0.5, 0.6) is 11.5 Å². The van der Waals surface area contributed by atoms with Crippen LogP contribution < -0.4 is 14.5 Å². The molecular formula is C57H55N5OPt. The Bertz CT molecular complexity index is 3000. The molecule has 0 radical (unpaired) electrons. The molecule has 0 amide bonds. The van der Waals surface area contributed by atoms with E-state index in [9.17, 15) is 0 Å². The summed E-state index contributed by atoms with van der Waals surface area (Å²) in [5.74, 6) is 2.85. The van der Waals surface area contributed by atoms with Gasteiger partial charge in [0.15, 0.2) is 0 Å². The molecule has 0 fully saturated rings. The van der Waals surface area contributed by atoms with Gasteiger partial charge in [0.1, 0.15) is 5.82 Å². The van der Waals surface area contributed by atoms with Crippen LogP contribution in [0.3, 0.4) is 0 Å². The SMILES string of the molecule is Cc1cc(C)c(N2C(c3[c-]c(Oc4[c-]c5c(cc4)C(C)(C)c4ccccc4N5c4cc(C(C)(C)C)ccn4)cc(-c4ccccn4)c3)=N[C@]3(C)c4ccc(C)cc4C[C@]23C)c(C)c1.[Pt+2]. The number of fused-ring (bicyclic) bond motifs is 5.